The predicted molar refractivity (Wildman–Crippen MR) is 229 cm³/mol. The second-order valence-corrected chi connectivity index (χ2v) is 16.3. The Morgan fingerprint density at radius 3 is 2.33 bits per heavy atom. The SMILES string of the molecule is CC.CNc1cc(C)nn2c(C(=O)N[C@@H]3C[C@@H]3C)cnc12.Cc1cccc(-c2ccc(CN3CC4(CCN(c5ccc(C6CCC(=O)NC6=O)cc5)CC4)C3)cn2)c1. The van der Waals surface area contributed by atoms with Crippen molar-refractivity contribution < 1.29 is 14.4 Å². The van der Waals surface area contributed by atoms with E-state index in [1.54, 1.807) is 10.7 Å². The van der Waals surface area contributed by atoms with Gasteiger partial charge in [-0.1, -0.05) is 62.7 Å². The molecule has 2 aromatic carbocycles. The number of imidazole rings is 1. The Bertz CT molecular complexity index is 2240. The third kappa shape index (κ3) is 9.07. The molecule has 12 heteroatoms. The standard InChI is InChI=1S/C31H34N4O2.C13H17N5O.C2H6/c1-22-3-2-4-25(17-22)28-11-5-23(18-32-28)19-34-20-31(21-34)13-15-35(16-14-31)26-8-6-24(7-9-26)27-10-12-29(36)33-30(27)37;1-7-4-9(7)16-13(19)11-6-15-12-10(14-3)5-8(2)17-18(11)12;1-2/h2-9,11,17-18,27H,10,12-16,19-21H2,1H3,(H,33,36,37);5-7,9,14H,4H2,1-3H3,(H,16,19);1-2H3/t;7-,9+;/m.0./s1. The van der Waals surface area contributed by atoms with E-state index in [4.69, 9.17) is 4.98 Å². The molecule has 58 heavy (non-hydrogen) atoms. The van der Waals surface area contributed by atoms with Crippen molar-refractivity contribution in [1.82, 2.24) is 35.1 Å². The Morgan fingerprint density at radius 1 is 0.948 bits per heavy atom. The summed E-state index contributed by atoms with van der Waals surface area (Å²) in [6.45, 7) is 15.6. The molecule has 1 unspecified atom stereocenters. The van der Waals surface area contributed by atoms with Crippen molar-refractivity contribution >= 4 is 34.7 Å². The number of hydrogen-bond donors (Lipinski definition) is 3. The molecule has 3 aromatic heterocycles. The fourth-order valence-electron chi connectivity index (χ4n) is 8.45. The molecule has 1 aliphatic carbocycles. The lowest BCUT2D eigenvalue weighted by molar-refractivity contribution is -0.134. The van der Waals surface area contributed by atoms with Gasteiger partial charge in [-0.25, -0.2) is 9.50 Å². The zero-order valence-electron chi connectivity index (χ0n) is 34.7. The quantitative estimate of drug-likeness (QED) is 0.143. The van der Waals surface area contributed by atoms with E-state index in [1.807, 2.05) is 40.1 Å². The number of hydrogen-bond acceptors (Lipinski definition) is 9. The smallest absolute Gasteiger partial charge is 0.271 e. The second-order valence-electron chi connectivity index (χ2n) is 16.3. The zero-order chi connectivity index (χ0) is 41.0. The predicted octanol–water partition coefficient (Wildman–Crippen LogP) is 6.92. The van der Waals surface area contributed by atoms with Crippen molar-refractivity contribution in [2.75, 3.05) is 43.4 Å². The first-order chi connectivity index (χ1) is 28.1. The van der Waals surface area contributed by atoms with E-state index >= 15 is 0 Å². The van der Waals surface area contributed by atoms with Crippen LogP contribution in [0.3, 0.4) is 0 Å². The number of imide groups is 1. The normalized spacial score (nSPS) is 20.9. The molecule has 4 aliphatic rings. The van der Waals surface area contributed by atoms with Crippen LogP contribution in [0.25, 0.3) is 16.9 Å². The van der Waals surface area contributed by atoms with Crippen LogP contribution in [0.2, 0.25) is 0 Å². The number of pyridine rings is 1. The summed E-state index contributed by atoms with van der Waals surface area (Å²) in [5.74, 6) is -0.0854. The maximum atomic E-state index is 12.2. The van der Waals surface area contributed by atoms with Gasteiger partial charge in [0, 0.05) is 69.7 Å². The summed E-state index contributed by atoms with van der Waals surface area (Å²) >= 11 is 0. The summed E-state index contributed by atoms with van der Waals surface area (Å²) in [5.41, 5.74) is 10.3. The second kappa shape index (κ2) is 17.5. The van der Waals surface area contributed by atoms with Crippen LogP contribution >= 0.6 is 0 Å². The fraction of sp³-hybridized carbons (Fsp3) is 0.435. The average molecular weight is 784 g/mol. The Kier molecular flexibility index (Phi) is 12.2. The van der Waals surface area contributed by atoms with Gasteiger partial charge in [0.1, 0.15) is 0 Å². The van der Waals surface area contributed by atoms with E-state index in [2.05, 4.69) is 110 Å². The molecule has 6 heterocycles. The van der Waals surface area contributed by atoms with E-state index in [0.717, 1.165) is 61.8 Å². The summed E-state index contributed by atoms with van der Waals surface area (Å²) in [6, 6.07) is 23.5. The van der Waals surface area contributed by atoms with Gasteiger partial charge in [-0.15, -0.1) is 0 Å². The van der Waals surface area contributed by atoms with Crippen molar-refractivity contribution in [3.63, 3.8) is 0 Å². The van der Waals surface area contributed by atoms with E-state index in [-0.39, 0.29) is 23.6 Å². The van der Waals surface area contributed by atoms with E-state index in [0.29, 0.717) is 41.6 Å². The number of aromatic nitrogens is 4. The molecular weight excluding hydrogens is 727 g/mol. The summed E-state index contributed by atoms with van der Waals surface area (Å²) in [5, 5.41) is 12.9. The third-order valence-corrected chi connectivity index (χ3v) is 11.9. The number of piperidine rings is 2. The van der Waals surface area contributed by atoms with Crippen molar-refractivity contribution in [2.24, 2.45) is 11.3 Å². The van der Waals surface area contributed by atoms with Crippen LogP contribution in [-0.2, 0) is 16.1 Å². The highest BCUT2D eigenvalue weighted by atomic mass is 16.2. The molecule has 3 saturated heterocycles. The number of likely N-dealkylation sites (tertiary alicyclic amines) is 1. The highest BCUT2D eigenvalue weighted by Crippen LogP contribution is 2.42. The first-order valence-corrected chi connectivity index (χ1v) is 20.8. The monoisotopic (exact) mass is 783 g/mol. The fourth-order valence-corrected chi connectivity index (χ4v) is 8.45. The number of rotatable bonds is 8. The molecular formula is C46H57N9O3. The van der Waals surface area contributed by atoms with Crippen molar-refractivity contribution in [3.05, 3.63) is 107 Å². The molecule has 0 bridgehead atoms. The summed E-state index contributed by atoms with van der Waals surface area (Å²) < 4.78 is 1.60. The molecule has 3 atom stereocenters. The van der Waals surface area contributed by atoms with Gasteiger partial charge in [0.2, 0.25) is 11.8 Å². The molecule has 4 fully saturated rings. The number of nitrogens with one attached hydrogen (secondary N) is 3. The molecule has 5 aromatic rings. The van der Waals surface area contributed by atoms with Crippen molar-refractivity contribution in [1.29, 1.82) is 0 Å². The lowest BCUT2D eigenvalue weighted by atomic mass is 9.72. The van der Waals surface area contributed by atoms with E-state index in [1.165, 1.54) is 35.2 Å². The number of nitrogens with zero attached hydrogens (tertiary/aromatic N) is 6. The van der Waals surface area contributed by atoms with Crippen molar-refractivity contribution in [2.45, 2.75) is 85.2 Å². The van der Waals surface area contributed by atoms with Crippen LogP contribution in [-0.4, -0.2) is 81.5 Å². The van der Waals surface area contributed by atoms with E-state index < -0.39 is 0 Å². The Labute approximate surface area is 341 Å². The van der Waals surface area contributed by atoms with Gasteiger partial charge >= 0.3 is 0 Å². The maximum Gasteiger partial charge on any atom is 0.271 e. The Hall–Kier alpha value is -5.62. The number of benzene rings is 2. The van der Waals surface area contributed by atoms with Crippen LogP contribution in [0, 0.1) is 25.2 Å². The van der Waals surface area contributed by atoms with Gasteiger partial charge in [-0.05, 0) is 92.3 Å². The molecule has 3 amide bonds. The lowest BCUT2D eigenvalue weighted by Gasteiger charge is -2.54. The highest BCUT2D eigenvalue weighted by molar-refractivity contribution is 6.01. The largest absolute Gasteiger partial charge is 0.385 e. The topological polar surface area (TPSA) is 137 Å². The van der Waals surface area contributed by atoms with E-state index in [9.17, 15) is 14.4 Å². The summed E-state index contributed by atoms with van der Waals surface area (Å²) in [7, 11) is 1.83. The molecule has 1 spiro atoms. The summed E-state index contributed by atoms with van der Waals surface area (Å²) in [6.07, 6.45) is 8.09. The van der Waals surface area contributed by atoms with Gasteiger partial charge in [-0.2, -0.15) is 5.10 Å². The van der Waals surface area contributed by atoms with Gasteiger partial charge in [0.05, 0.1) is 29.2 Å². The minimum atomic E-state index is -0.216. The molecule has 0 radical (unpaired) electrons. The highest BCUT2D eigenvalue weighted by Gasteiger charge is 2.44. The van der Waals surface area contributed by atoms with Gasteiger partial charge in [-0.3, -0.25) is 29.6 Å². The average Bonchev–Trinajstić information content (AvgIpc) is 3.74. The maximum absolute atomic E-state index is 12.2. The van der Waals surface area contributed by atoms with Crippen LogP contribution in [0.1, 0.15) is 91.7 Å². The molecule has 304 valence electrons. The Morgan fingerprint density at radius 2 is 1.69 bits per heavy atom. The molecule has 3 N–H and O–H groups in total. The first-order valence-electron chi connectivity index (χ1n) is 20.8. The third-order valence-electron chi connectivity index (χ3n) is 11.9. The zero-order valence-corrected chi connectivity index (χ0v) is 34.7. The molecule has 3 aliphatic heterocycles. The van der Waals surface area contributed by atoms with Gasteiger partial charge in [0.25, 0.3) is 5.91 Å². The summed E-state index contributed by atoms with van der Waals surface area (Å²) in [4.78, 5) is 49.8. The number of carbonyl (C=O) groups excluding carboxylic acids is 3. The van der Waals surface area contributed by atoms with Crippen LogP contribution in [0.5, 0.6) is 0 Å². The van der Waals surface area contributed by atoms with Gasteiger partial charge < -0.3 is 15.5 Å². The number of amides is 3. The van der Waals surface area contributed by atoms with Crippen LogP contribution in [0.15, 0.2) is 79.1 Å². The minimum Gasteiger partial charge on any atom is -0.385 e. The minimum absolute atomic E-state index is 0.109. The van der Waals surface area contributed by atoms with Gasteiger partial charge in [0.15, 0.2) is 11.3 Å². The number of carbonyl (C=O) groups is 3. The van der Waals surface area contributed by atoms with Crippen LogP contribution < -0.4 is 20.9 Å². The molecule has 9 rings (SSSR count). The van der Waals surface area contributed by atoms with Crippen LogP contribution in [0.4, 0.5) is 11.4 Å². The number of anilines is 2. The Balaban J connectivity index is 0.000000205. The molecule has 12 nitrogen and oxygen atoms in total. The lowest BCUT2D eigenvalue weighted by Crippen LogP contribution is -2.59. The first kappa shape index (κ1) is 40.6. The molecule has 1 saturated carbocycles. The number of fused-ring (bicyclic) bond motifs is 1. The number of aryl methyl sites for hydroxylation is 2. The van der Waals surface area contributed by atoms with Crippen molar-refractivity contribution in [3.8, 4) is 11.3 Å².